The number of carbonyl (C=O) groups excluding carboxylic acids is 2. The fraction of sp³-hybridized carbons (Fsp3) is 0.222. The van der Waals surface area contributed by atoms with Crippen LogP contribution in [0.3, 0.4) is 0 Å². The Bertz CT molecular complexity index is 1160. The fourth-order valence-corrected chi connectivity index (χ4v) is 3.51. The number of hydrogen-bond donors (Lipinski definition) is 1. The van der Waals surface area contributed by atoms with E-state index in [2.05, 4.69) is 15.5 Å². The van der Waals surface area contributed by atoms with E-state index in [0.29, 0.717) is 11.5 Å². The van der Waals surface area contributed by atoms with Crippen molar-refractivity contribution in [1.29, 1.82) is 0 Å². The Labute approximate surface area is 171 Å². The lowest BCUT2D eigenvalue weighted by molar-refractivity contribution is -0.137. The van der Waals surface area contributed by atoms with Crippen molar-refractivity contribution in [3.05, 3.63) is 41.6 Å². The second-order valence-electron chi connectivity index (χ2n) is 6.27. The molecule has 1 amide bonds. The molecule has 0 fully saturated rings. The molecule has 1 N–H and O–H groups in total. The molecule has 0 spiro atoms. The molecule has 30 heavy (non-hydrogen) atoms. The number of benzene rings is 1. The van der Waals surface area contributed by atoms with Gasteiger partial charge in [-0.1, -0.05) is 11.8 Å². The highest BCUT2D eigenvalue weighted by molar-refractivity contribution is 7.99. The van der Waals surface area contributed by atoms with Crippen LogP contribution in [0, 0.1) is 0 Å². The van der Waals surface area contributed by atoms with Gasteiger partial charge < -0.3 is 14.8 Å². The van der Waals surface area contributed by atoms with Gasteiger partial charge in [0.05, 0.1) is 17.0 Å². The number of nitrogens with one attached hydrogen (secondary N) is 1. The average molecular weight is 438 g/mol. The maximum atomic E-state index is 12.9. The second-order valence-corrected chi connectivity index (χ2v) is 7.21. The van der Waals surface area contributed by atoms with Crippen molar-refractivity contribution >= 4 is 34.8 Å². The summed E-state index contributed by atoms with van der Waals surface area (Å²) in [5.41, 5.74) is -0.128. The minimum Gasteiger partial charge on any atom is -0.454 e. The molecule has 12 heteroatoms. The molecule has 156 valence electrons. The molecule has 2 aromatic heterocycles. The average Bonchev–Trinajstić information content (AvgIpc) is 3.30. The van der Waals surface area contributed by atoms with Gasteiger partial charge >= 0.3 is 6.18 Å². The Morgan fingerprint density at radius 2 is 1.93 bits per heavy atom. The standard InChI is InChI=1S/C18H13F3N4O4S/c1-9(26)11-4-13-14(29-8-28-13)5-12(11)22-16(27)7-30-17-24-23-15-3-2-10(6-25(15)17)18(19,20)21/h2-6H,7-8H2,1H3,(H,22,27). The highest BCUT2D eigenvalue weighted by atomic mass is 32.2. The van der Waals surface area contributed by atoms with Gasteiger partial charge in [-0.05, 0) is 25.1 Å². The Morgan fingerprint density at radius 3 is 2.63 bits per heavy atom. The summed E-state index contributed by atoms with van der Waals surface area (Å²) < 4.78 is 50.5. The highest BCUT2D eigenvalue weighted by Gasteiger charge is 2.31. The number of rotatable bonds is 5. The molecule has 0 bridgehead atoms. The third-order valence-corrected chi connectivity index (χ3v) is 5.14. The molecule has 8 nitrogen and oxygen atoms in total. The number of thioether (sulfide) groups is 1. The lowest BCUT2D eigenvalue weighted by Gasteiger charge is -2.10. The predicted octanol–water partition coefficient (Wildman–Crippen LogP) is 3.41. The van der Waals surface area contributed by atoms with E-state index in [1.807, 2.05) is 0 Å². The van der Waals surface area contributed by atoms with Crippen molar-refractivity contribution in [2.24, 2.45) is 0 Å². The number of alkyl halides is 3. The van der Waals surface area contributed by atoms with Crippen LogP contribution in [0.1, 0.15) is 22.8 Å². The van der Waals surface area contributed by atoms with E-state index in [-0.39, 0.29) is 40.4 Å². The van der Waals surface area contributed by atoms with E-state index >= 15 is 0 Å². The Kier molecular flexibility index (Phi) is 5.02. The Morgan fingerprint density at radius 1 is 1.20 bits per heavy atom. The number of nitrogens with zero attached hydrogens (tertiary/aromatic N) is 3. The van der Waals surface area contributed by atoms with E-state index in [1.54, 1.807) is 0 Å². The number of fused-ring (bicyclic) bond motifs is 2. The zero-order valence-corrected chi connectivity index (χ0v) is 16.1. The molecule has 0 saturated heterocycles. The first kappa shape index (κ1) is 20.0. The van der Waals surface area contributed by atoms with Crippen LogP contribution < -0.4 is 14.8 Å². The zero-order valence-electron chi connectivity index (χ0n) is 15.3. The van der Waals surface area contributed by atoms with Crippen LogP contribution in [0.4, 0.5) is 18.9 Å². The van der Waals surface area contributed by atoms with Gasteiger partial charge in [0.1, 0.15) is 0 Å². The molecule has 0 atom stereocenters. The van der Waals surface area contributed by atoms with E-state index < -0.39 is 17.6 Å². The van der Waals surface area contributed by atoms with Crippen molar-refractivity contribution < 1.29 is 32.2 Å². The molecule has 1 aromatic carbocycles. The molecule has 1 aliphatic heterocycles. The Hall–Kier alpha value is -3.28. The molecular formula is C18H13F3N4O4S. The third kappa shape index (κ3) is 3.90. The lowest BCUT2D eigenvalue weighted by atomic mass is 10.1. The molecule has 0 unspecified atom stereocenters. The van der Waals surface area contributed by atoms with Crippen LogP contribution in [0.15, 0.2) is 35.6 Å². The van der Waals surface area contributed by atoms with Gasteiger partial charge in [-0.2, -0.15) is 13.2 Å². The lowest BCUT2D eigenvalue weighted by Crippen LogP contribution is -2.16. The number of hydrogen-bond acceptors (Lipinski definition) is 7. The quantitative estimate of drug-likeness (QED) is 0.482. The summed E-state index contributed by atoms with van der Waals surface area (Å²) in [5, 5.41) is 10.4. The Balaban J connectivity index is 1.50. The minimum atomic E-state index is -4.51. The monoisotopic (exact) mass is 438 g/mol. The van der Waals surface area contributed by atoms with Crippen molar-refractivity contribution in [2.45, 2.75) is 18.3 Å². The smallest absolute Gasteiger partial charge is 0.417 e. The summed E-state index contributed by atoms with van der Waals surface area (Å²) in [6.45, 7) is 1.36. The molecule has 0 saturated carbocycles. The number of aromatic nitrogens is 3. The van der Waals surface area contributed by atoms with Crippen LogP contribution >= 0.6 is 11.8 Å². The van der Waals surface area contributed by atoms with Crippen LogP contribution in [-0.2, 0) is 11.0 Å². The number of ether oxygens (including phenoxy) is 2. The van der Waals surface area contributed by atoms with Gasteiger partial charge in [-0.3, -0.25) is 14.0 Å². The number of carbonyl (C=O) groups is 2. The molecule has 4 rings (SSSR count). The summed E-state index contributed by atoms with van der Waals surface area (Å²) in [5.74, 6) is -0.124. The maximum Gasteiger partial charge on any atom is 0.417 e. The number of Topliss-reactive ketones (excluding diaryl/α,β-unsaturated/α-hetero) is 1. The van der Waals surface area contributed by atoms with E-state index in [4.69, 9.17) is 9.47 Å². The van der Waals surface area contributed by atoms with Crippen molar-refractivity contribution in [1.82, 2.24) is 14.6 Å². The first-order valence-electron chi connectivity index (χ1n) is 8.51. The topological polar surface area (TPSA) is 94.8 Å². The second kappa shape index (κ2) is 7.52. The molecule has 0 radical (unpaired) electrons. The van der Waals surface area contributed by atoms with E-state index in [9.17, 15) is 22.8 Å². The van der Waals surface area contributed by atoms with Gasteiger partial charge in [-0.25, -0.2) is 0 Å². The largest absolute Gasteiger partial charge is 0.454 e. The SMILES string of the molecule is CC(=O)c1cc2c(cc1NC(=O)CSc1nnc3ccc(C(F)(F)F)cn13)OCO2. The summed E-state index contributed by atoms with van der Waals surface area (Å²) in [6.07, 6.45) is -3.64. The van der Waals surface area contributed by atoms with Crippen molar-refractivity contribution in [3.63, 3.8) is 0 Å². The van der Waals surface area contributed by atoms with Crippen LogP contribution in [0.2, 0.25) is 0 Å². The summed E-state index contributed by atoms with van der Waals surface area (Å²) in [7, 11) is 0. The number of anilines is 1. The van der Waals surface area contributed by atoms with Gasteiger partial charge in [0, 0.05) is 17.8 Å². The molecule has 3 heterocycles. The summed E-state index contributed by atoms with van der Waals surface area (Å²) >= 11 is 0.912. The number of pyridine rings is 1. The third-order valence-electron chi connectivity index (χ3n) is 4.20. The summed E-state index contributed by atoms with van der Waals surface area (Å²) in [4.78, 5) is 24.3. The number of halogens is 3. The van der Waals surface area contributed by atoms with E-state index in [1.165, 1.54) is 29.5 Å². The number of ketones is 1. The van der Waals surface area contributed by atoms with Crippen LogP contribution in [0.25, 0.3) is 5.65 Å². The molecule has 3 aromatic rings. The van der Waals surface area contributed by atoms with Crippen LogP contribution in [0.5, 0.6) is 11.5 Å². The summed E-state index contributed by atoms with van der Waals surface area (Å²) in [6, 6.07) is 5.08. The van der Waals surface area contributed by atoms with Crippen molar-refractivity contribution in [2.75, 3.05) is 17.9 Å². The number of amides is 1. The van der Waals surface area contributed by atoms with Gasteiger partial charge in [-0.15, -0.1) is 10.2 Å². The first-order valence-corrected chi connectivity index (χ1v) is 9.50. The maximum absolute atomic E-state index is 12.9. The normalized spacial score (nSPS) is 12.9. The predicted molar refractivity (Wildman–Crippen MR) is 99.9 cm³/mol. The highest BCUT2D eigenvalue weighted by Crippen LogP contribution is 2.37. The minimum absolute atomic E-state index is 0.0137. The van der Waals surface area contributed by atoms with Gasteiger partial charge in [0.15, 0.2) is 28.1 Å². The molecule has 0 aliphatic carbocycles. The van der Waals surface area contributed by atoms with Gasteiger partial charge in [0.25, 0.3) is 0 Å². The molecular weight excluding hydrogens is 425 g/mol. The first-order chi connectivity index (χ1) is 14.2. The van der Waals surface area contributed by atoms with Gasteiger partial charge in [0.2, 0.25) is 12.7 Å². The van der Waals surface area contributed by atoms with E-state index in [0.717, 1.165) is 24.0 Å². The van der Waals surface area contributed by atoms with Crippen molar-refractivity contribution in [3.8, 4) is 11.5 Å². The van der Waals surface area contributed by atoms with Crippen LogP contribution in [-0.4, -0.2) is 38.8 Å². The molecule has 1 aliphatic rings. The zero-order chi connectivity index (χ0) is 21.5. The fourth-order valence-electron chi connectivity index (χ4n) is 2.79.